The average Bonchev–Trinajstić information content (AvgIpc) is 2.70. The van der Waals surface area contributed by atoms with Gasteiger partial charge in [0.15, 0.2) is 0 Å². The first-order valence-electron chi connectivity index (χ1n) is 5.19. The van der Waals surface area contributed by atoms with Crippen LogP contribution in [0.3, 0.4) is 0 Å². The van der Waals surface area contributed by atoms with Crippen molar-refractivity contribution in [2.75, 3.05) is 19.7 Å². The summed E-state index contributed by atoms with van der Waals surface area (Å²) in [5.74, 6) is -1.40. The minimum absolute atomic E-state index is 0.0471. The highest BCUT2D eigenvalue weighted by Gasteiger charge is 2.38. The molecule has 21 heavy (non-hydrogen) atoms. The highest BCUT2D eigenvalue weighted by atomic mass is 79.9. The van der Waals surface area contributed by atoms with Gasteiger partial charge >= 0.3 is 12.1 Å². The minimum atomic E-state index is -4.79. The molecule has 0 aliphatic rings. The zero-order valence-electron chi connectivity index (χ0n) is 10.1. The summed E-state index contributed by atoms with van der Waals surface area (Å²) < 4.78 is 61.5. The summed E-state index contributed by atoms with van der Waals surface area (Å²) in [4.78, 5) is 9.86. The van der Waals surface area contributed by atoms with Gasteiger partial charge in [-0.15, -0.1) is 11.3 Å². The van der Waals surface area contributed by atoms with E-state index < -0.39 is 46.8 Å². The molecule has 0 aromatic carbocycles. The summed E-state index contributed by atoms with van der Waals surface area (Å²) in [6.07, 6.45) is -4.79. The lowest BCUT2D eigenvalue weighted by Crippen LogP contribution is -2.40. The first kappa shape index (κ1) is 18.4. The lowest BCUT2D eigenvalue weighted by Gasteiger charge is -2.22. The molecule has 12 heteroatoms. The molecular weight excluding hydrogens is 403 g/mol. The molecule has 0 fully saturated rings. The standard InChI is InChI=1S/C9H9BrF3NO5S2/c10-7-6(3-5(20-7)8(16)17)21(18,19)14(1-2-15)4-9(11,12)13/h3,15H,1-2,4H2,(H,16,17). The van der Waals surface area contributed by atoms with E-state index in [9.17, 15) is 26.4 Å². The van der Waals surface area contributed by atoms with Gasteiger partial charge in [0, 0.05) is 6.54 Å². The predicted molar refractivity (Wildman–Crippen MR) is 70.9 cm³/mol. The van der Waals surface area contributed by atoms with Crippen molar-refractivity contribution in [2.45, 2.75) is 11.1 Å². The molecule has 2 N–H and O–H groups in total. The van der Waals surface area contributed by atoms with Crippen LogP contribution in [0.1, 0.15) is 9.67 Å². The molecule has 6 nitrogen and oxygen atoms in total. The summed E-state index contributed by atoms with van der Waals surface area (Å²) >= 11 is 3.40. The minimum Gasteiger partial charge on any atom is -0.477 e. The summed E-state index contributed by atoms with van der Waals surface area (Å²) in [5, 5.41) is 17.5. The number of sulfonamides is 1. The van der Waals surface area contributed by atoms with Crippen LogP contribution in [0.4, 0.5) is 13.2 Å². The van der Waals surface area contributed by atoms with E-state index in [1.54, 1.807) is 0 Å². The Bertz CT molecular complexity index is 628. The van der Waals surface area contributed by atoms with Gasteiger partial charge in [0.1, 0.15) is 16.3 Å². The van der Waals surface area contributed by atoms with Gasteiger partial charge in [-0.3, -0.25) is 0 Å². The summed E-state index contributed by atoms with van der Waals surface area (Å²) in [6, 6.07) is 0.771. The molecule has 0 aliphatic heterocycles. The Morgan fingerprint density at radius 1 is 1.43 bits per heavy atom. The Morgan fingerprint density at radius 3 is 2.38 bits per heavy atom. The monoisotopic (exact) mass is 411 g/mol. The maximum atomic E-state index is 12.4. The van der Waals surface area contributed by atoms with Crippen LogP contribution in [0.15, 0.2) is 14.7 Å². The molecule has 0 bridgehead atoms. The van der Waals surface area contributed by atoms with Crippen LogP contribution < -0.4 is 0 Å². The third-order valence-electron chi connectivity index (χ3n) is 2.19. The van der Waals surface area contributed by atoms with Crippen molar-refractivity contribution in [2.24, 2.45) is 0 Å². The molecule has 0 unspecified atom stereocenters. The summed E-state index contributed by atoms with van der Waals surface area (Å²) in [5.41, 5.74) is 0. The molecule has 1 heterocycles. The van der Waals surface area contributed by atoms with Crippen LogP contribution in [0.2, 0.25) is 0 Å². The Balaban J connectivity index is 3.25. The van der Waals surface area contributed by atoms with E-state index in [2.05, 4.69) is 15.9 Å². The number of carboxylic acids is 1. The van der Waals surface area contributed by atoms with Crippen LogP contribution in [0.5, 0.6) is 0 Å². The number of aromatic carboxylic acids is 1. The fourth-order valence-electron chi connectivity index (χ4n) is 1.37. The van der Waals surface area contributed by atoms with Crippen LogP contribution in [0, 0.1) is 0 Å². The van der Waals surface area contributed by atoms with Crippen LogP contribution in [-0.4, -0.2) is 54.8 Å². The number of carbonyl (C=O) groups is 1. The number of nitrogens with zero attached hydrogens (tertiary/aromatic N) is 1. The van der Waals surface area contributed by atoms with E-state index in [1.807, 2.05) is 0 Å². The fraction of sp³-hybridized carbons (Fsp3) is 0.444. The first-order chi connectivity index (χ1) is 9.49. The van der Waals surface area contributed by atoms with Gasteiger partial charge in [-0.25, -0.2) is 13.2 Å². The largest absolute Gasteiger partial charge is 0.477 e. The molecular formula is C9H9BrF3NO5S2. The number of hydrogen-bond acceptors (Lipinski definition) is 5. The number of rotatable bonds is 6. The van der Waals surface area contributed by atoms with E-state index >= 15 is 0 Å². The van der Waals surface area contributed by atoms with Crippen molar-refractivity contribution in [3.05, 3.63) is 14.7 Å². The summed E-state index contributed by atoms with van der Waals surface area (Å²) in [7, 11) is -4.59. The van der Waals surface area contributed by atoms with Crippen molar-refractivity contribution in [3.8, 4) is 0 Å². The van der Waals surface area contributed by atoms with Gasteiger partial charge in [-0.2, -0.15) is 17.5 Å². The Kier molecular flexibility index (Phi) is 5.77. The molecule has 0 radical (unpaired) electrons. The topological polar surface area (TPSA) is 94.9 Å². The highest BCUT2D eigenvalue weighted by molar-refractivity contribution is 9.11. The number of thiophene rings is 1. The van der Waals surface area contributed by atoms with Crippen molar-refractivity contribution in [1.82, 2.24) is 4.31 Å². The molecule has 0 aliphatic carbocycles. The van der Waals surface area contributed by atoms with Gasteiger partial charge in [0.2, 0.25) is 10.0 Å². The second-order valence-corrected chi connectivity index (χ2v) is 8.01. The Hall–Kier alpha value is -0.690. The van der Waals surface area contributed by atoms with Gasteiger partial charge in [-0.1, -0.05) is 0 Å². The molecule has 0 atom stereocenters. The average molecular weight is 412 g/mol. The second kappa shape index (κ2) is 6.60. The fourth-order valence-corrected chi connectivity index (χ4v) is 5.14. The Morgan fingerprint density at radius 2 is 2.00 bits per heavy atom. The van der Waals surface area contributed by atoms with Crippen molar-refractivity contribution in [3.63, 3.8) is 0 Å². The van der Waals surface area contributed by atoms with Crippen LogP contribution in [-0.2, 0) is 10.0 Å². The van der Waals surface area contributed by atoms with Crippen LogP contribution >= 0.6 is 27.3 Å². The summed E-state index contributed by atoms with van der Waals surface area (Å²) in [6.45, 7) is -3.34. The van der Waals surface area contributed by atoms with Crippen molar-refractivity contribution < 1.29 is 36.6 Å². The van der Waals surface area contributed by atoms with Gasteiger partial charge < -0.3 is 10.2 Å². The molecule has 0 spiro atoms. The molecule has 1 aromatic heterocycles. The van der Waals surface area contributed by atoms with Gasteiger partial charge in [0.25, 0.3) is 0 Å². The van der Waals surface area contributed by atoms with E-state index in [-0.39, 0.29) is 13.0 Å². The van der Waals surface area contributed by atoms with Gasteiger partial charge in [0.05, 0.1) is 10.4 Å². The SMILES string of the molecule is O=C(O)c1cc(S(=O)(=O)N(CCO)CC(F)(F)F)c(Br)s1. The third-order valence-corrected chi connectivity index (χ3v) is 6.27. The number of aliphatic hydroxyl groups excluding tert-OH is 1. The van der Waals surface area contributed by atoms with E-state index in [0.717, 1.165) is 6.07 Å². The second-order valence-electron chi connectivity index (χ2n) is 3.73. The van der Waals surface area contributed by atoms with Gasteiger partial charge in [-0.05, 0) is 22.0 Å². The molecule has 1 rings (SSSR count). The molecule has 0 saturated heterocycles. The van der Waals surface area contributed by atoms with Crippen LogP contribution in [0.25, 0.3) is 0 Å². The molecule has 120 valence electrons. The maximum absolute atomic E-state index is 12.4. The maximum Gasteiger partial charge on any atom is 0.402 e. The van der Waals surface area contributed by atoms with Crippen molar-refractivity contribution in [1.29, 1.82) is 0 Å². The lowest BCUT2D eigenvalue weighted by atomic mass is 10.5. The van der Waals surface area contributed by atoms with E-state index in [4.69, 9.17) is 10.2 Å². The predicted octanol–water partition coefficient (Wildman–Crippen LogP) is 1.75. The number of carboxylic acid groups (broad SMARTS) is 1. The molecule has 0 amide bonds. The number of hydrogen-bond donors (Lipinski definition) is 2. The number of alkyl halides is 3. The molecule has 1 aromatic rings. The quantitative estimate of drug-likeness (QED) is 0.743. The van der Waals surface area contributed by atoms with Crippen molar-refractivity contribution >= 4 is 43.3 Å². The highest BCUT2D eigenvalue weighted by Crippen LogP contribution is 2.34. The zero-order chi connectivity index (χ0) is 16.4. The number of halogens is 4. The zero-order valence-corrected chi connectivity index (χ0v) is 13.3. The first-order valence-corrected chi connectivity index (χ1v) is 8.24. The normalized spacial score (nSPS) is 12.9. The van der Waals surface area contributed by atoms with E-state index in [0.29, 0.717) is 11.3 Å². The molecule has 0 saturated carbocycles. The lowest BCUT2D eigenvalue weighted by molar-refractivity contribution is -0.136. The van der Waals surface area contributed by atoms with E-state index in [1.165, 1.54) is 0 Å². The number of aliphatic hydroxyl groups is 1. The smallest absolute Gasteiger partial charge is 0.402 e. The third kappa shape index (κ3) is 4.64. The Labute approximate surface area is 130 Å².